The molecule has 0 fully saturated rings. The first kappa shape index (κ1) is 17.2. The van der Waals surface area contributed by atoms with Crippen molar-refractivity contribution in [2.24, 2.45) is 0 Å². The number of ether oxygens (including phenoxy) is 1. The van der Waals surface area contributed by atoms with Crippen LogP contribution in [0.2, 0.25) is 0 Å². The van der Waals surface area contributed by atoms with Crippen molar-refractivity contribution >= 4 is 17.9 Å². The van der Waals surface area contributed by atoms with Crippen molar-refractivity contribution < 1.29 is 9.53 Å². The van der Waals surface area contributed by atoms with E-state index in [9.17, 15) is 4.79 Å². The predicted octanol–water partition coefficient (Wildman–Crippen LogP) is 4.60. The van der Waals surface area contributed by atoms with Crippen LogP contribution in [0.1, 0.15) is 48.0 Å². The molecule has 0 bridgehead atoms. The van der Waals surface area contributed by atoms with E-state index in [1.165, 1.54) is 16.1 Å². The van der Waals surface area contributed by atoms with Crippen molar-refractivity contribution in [1.82, 2.24) is 4.90 Å². The Bertz CT molecular complexity index is 419. The molecule has 0 atom stereocenters. The summed E-state index contributed by atoms with van der Waals surface area (Å²) in [7, 11) is 0. The molecule has 0 unspecified atom stereocenters. The van der Waals surface area contributed by atoms with Crippen LogP contribution in [-0.4, -0.2) is 35.4 Å². The lowest BCUT2D eigenvalue weighted by atomic mass is 10.0. The van der Waals surface area contributed by atoms with Crippen molar-refractivity contribution in [2.45, 2.75) is 53.6 Å². The van der Waals surface area contributed by atoms with Gasteiger partial charge in [-0.25, -0.2) is 4.79 Å². The molecule has 114 valence electrons. The summed E-state index contributed by atoms with van der Waals surface area (Å²) in [6.07, 6.45) is 2.86. The van der Waals surface area contributed by atoms with Gasteiger partial charge in [-0.2, -0.15) is 0 Å². The van der Waals surface area contributed by atoms with Crippen LogP contribution in [0, 0.1) is 0 Å². The lowest BCUT2D eigenvalue weighted by Gasteiger charge is -2.32. The summed E-state index contributed by atoms with van der Waals surface area (Å²) in [5, 5.41) is 0. The molecule has 1 heterocycles. The Balaban J connectivity index is 2.85. The van der Waals surface area contributed by atoms with Gasteiger partial charge in [-0.15, -0.1) is 11.8 Å². The molecule has 0 aromatic rings. The van der Waals surface area contributed by atoms with Crippen LogP contribution in [0.15, 0.2) is 22.1 Å². The van der Waals surface area contributed by atoms with E-state index < -0.39 is 5.60 Å². The van der Waals surface area contributed by atoms with Crippen molar-refractivity contribution in [2.75, 3.05) is 18.8 Å². The van der Waals surface area contributed by atoms with Crippen LogP contribution in [0.4, 0.5) is 4.79 Å². The average Bonchev–Trinajstić information content (AvgIpc) is 2.36. The van der Waals surface area contributed by atoms with E-state index in [-0.39, 0.29) is 6.09 Å². The quantitative estimate of drug-likeness (QED) is 0.762. The van der Waals surface area contributed by atoms with Gasteiger partial charge in [-0.3, -0.25) is 0 Å². The van der Waals surface area contributed by atoms with E-state index >= 15 is 0 Å². The van der Waals surface area contributed by atoms with Crippen LogP contribution in [0.25, 0.3) is 0 Å². The first-order chi connectivity index (χ1) is 9.28. The van der Waals surface area contributed by atoms with E-state index in [0.29, 0.717) is 6.54 Å². The first-order valence-corrected chi connectivity index (χ1v) is 8.23. The minimum atomic E-state index is -0.432. The van der Waals surface area contributed by atoms with E-state index in [1.54, 1.807) is 0 Å². The number of nitrogens with zero attached hydrogens (tertiary/aromatic N) is 1. The summed E-state index contributed by atoms with van der Waals surface area (Å²) in [5.74, 6) is 1.03. The number of amides is 1. The van der Waals surface area contributed by atoms with Crippen LogP contribution < -0.4 is 0 Å². The Kier molecular flexibility index (Phi) is 6.18. The van der Waals surface area contributed by atoms with E-state index in [0.717, 1.165) is 18.7 Å². The third-order valence-electron chi connectivity index (χ3n) is 3.18. The van der Waals surface area contributed by atoms with Gasteiger partial charge in [0.2, 0.25) is 0 Å². The van der Waals surface area contributed by atoms with Gasteiger partial charge in [0, 0.05) is 11.4 Å². The Hall–Kier alpha value is -0.900. The molecule has 0 saturated carbocycles. The van der Waals surface area contributed by atoms with Crippen LogP contribution in [-0.2, 0) is 4.74 Å². The van der Waals surface area contributed by atoms with Crippen molar-refractivity contribution in [3.8, 4) is 0 Å². The van der Waals surface area contributed by atoms with Gasteiger partial charge in [0.25, 0.3) is 0 Å². The molecular formula is C16H27NO2S. The highest BCUT2D eigenvalue weighted by molar-refractivity contribution is 8.03. The maximum atomic E-state index is 12.2. The molecular weight excluding hydrogens is 270 g/mol. The normalized spacial score (nSPS) is 17.5. The molecule has 0 N–H and O–H groups in total. The highest BCUT2D eigenvalue weighted by Gasteiger charge is 2.27. The third-order valence-corrected chi connectivity index (χ3v) is 4.19. The monoisotopic (exact) mass is 297 g/mol. The highest BCUT2D eigenvalue weighted by Crippen LogP contribution is 2.32. The van der Waals surface area contributed by atoms with Crippen LogP contribution >= 0.6 is 11.8 Å². The molecule has 4 heteroatoms. The predicted molar refractivity (Wildman–Crippen MR) is 87.0 cm³/mol. The second-order valence-electron chi connectivity index (χ2n) is 5.96. The molecule has 20 heavy (non-hydrogen) atoms. The zero-order valence-corrected chi connectivity index (χ0v) is 14.4. The standard InChI is InChI=1S/C16H27NO2S/c1-7-12(3)13-9-10-17(11-14(13)20-8-2)15(18)19-16(4,5)6/h7H,8-11H2,1-6H3/b12-7-. The number of hydrogen-bond acceptors (Lipinski definition) is 3. The number of carbonyl (C=O) groups excluding carboxylic acids is 1. The first-order valence-electron chi connectivity index (χ1n) is 7.24. The summed E-state index contributed by atoms with van der Waals surface area (Å²) >= 11 is 1.83. The molecule has 0 spiro atoms. The van der Waals surface area contributed by atoms with Gasteiger partial charge < -0.3 is 9.64 Å². The zero-order valence-electron chi connectivity index (χ0n) is 13.6. The van der Waals surface area contributed by atoms with Crippen LogP contribution in [0.5, 0.6) is 0 Å². The average molecular weight is 297 g/mol. The van der Waals surface area contributed by atoms with E-state index in [2.05, 4.69) is 26.8 Å². The number of thioether (sulfide) groups is 1. The second kappa shape index (κ2) is 7.21. The fourth-order valence-corrected chi connectivity index (χ4v) is 3.15. The minimum Gasteiger partial charge on any atom is -0.444 e. The largest absolute Gasteiger partial charge is 0.444 e. The molecule has 0 aliphatic carbocycles. The summed E-state index contributed by atoms with van der Waals surface area (Å²) in [4.78, 5) is 15.3. The number of hydrogen-bond donors (Lipinski definition) is 0. The Morgan fingerprint density at radius 1 is 1.45 bits per heavy atom. The lowest BCUT2D eigenvalue weighted by Crippen LogP contribution is -2.40. The Labute approximate surface area is 127 Å². The molecule has 0 saturated heterocycles. The Morgan fingerprint density at radius 2 is 2.10 bits per heavy atom. The molecule has 0 radical (unpaired) electrons. The van der Waals surface area contributed by atoms with Gasteiger partial charge in [0.05, 0.1) is 6.54 Å². The van der Waals surface area contributed by atoms with Gasteiger partial charge in [-0.05, 0) is 52.4 Å². The molecule has 3 nitrogen and oxygen atoms in total. The zero-order chi connectivity index (χ0) is 15.3. The summed E-state index contributed by atoms with van der Waals surface area (Å²) in [5.41, 5.74) is 2.29. The Morgan fingerprint density at radius 3 is 2.60 bits per heavy atom. The number of allylic oxidation sites excluding steroid dienone is 2. The summed E-state index contributed by atoms with van der Waals surface area (Å²) < 4.78 is 5.47. The van der Waals surface area contributed by atoms with Crippen molar-refractivity contribution in [3.63, 3.8) is 0 Å². The minimum absolute atomic E-state index is 0.205. The van der Waals surface area contributed by atoms with Gasteiger partial charge >= 0.3 is 6.09 Å². The van der Waals surface area contributed by atoms with E-state index in [1.807, 2.05) is 37.4 Å². The molecule has 1 amide bonds. The maximum Gasteiger partial charge on any atom is 0.410 e. The topological polar surface area (TPSA) is 29.5 Å². The smallest absolute Gasteiger partial charge is 0.410 e. The summed E-state index contributed by atoms with van der Waals surface area (Å²) in [6.45, 7) is 13.5. The molecule has 0 aromatic heterocycles. The molecule has 0 aromatic carbocycles. The van der Waals surface area contributed by atoms with Crippen LogP contribution in [0.3, 0.4) is 0 Å². The maximum absolute atomic E-state index is 12.2. The second-order valence-corrected chi connectivity index (χ2v) is 7.32. The third kappa shape index (κ3) is 4.89. The molecule has 1 rings (SSSR count). The SMILES string of the molecule is C/C=C(/C)C1=C(SCC)CN(C(=O)OC(C)(C)C)CC1. The fourth-order valence-electron chi connectivity index (χ4n) is 2.11. The lowest BCUT2D eigenvalue weighted by molar-refractivity contribution is 0.0264. The number of rotatable bonds is 3. The molecule has 1 aliphatic rings. The van der Waals surface area contributed by atoms with Gasteiger partial charge in [0.15, 0.2) is 0 Å². The number of carbonyl (C=O) groups is 1. The highest BCUT2D eigenvalue weighted by atomic mass is 32.2. The van der Waals surface area contributed by atoms with Gasteiger partial charge in [0.1, 0.15) is 5.60 Å². The van der Waals surface area contributed by atoms with E-state index in [4.69, 9.17) is 4.74 Å². The summed E-state index contributed by atoms with van der Waals surface area (Å²) in [6, 6.07) is 0. The fraction of sp³-hybridized carbons (Fsp3) is 0.688. The van der Waals surface area contributed by atoms with Crippen molar-refractivity contribution in [1.29, 1.82) is 0 Å². The van der Waals surface area contributed by atoms with Gasteiger partial charge in [-0.1, -0.05) is 18.6 Å². The molecule has 1 aliphatic heterocycles. The van der Waals surface area contributed by atoms with Crippen molar-refractivity contribution in [3.05, 3.63) is 22.1 Å².